The van der Waals surface area contributed by atoms with Crippen molar-refractivity contribution in [2.45, 2.75) is 43.2 Å². The zero-order valence-electron chi connectivity index (χ0n) is 21.2. The number of aliphatic carboxylic acids is 1. The predicted octanol–water partition coefficient (Wildman–Crippen LogP) is 2.45. The van der Waals surface area contributed by atoms with E-state index in [0.717, 1.165) is 21.9 Å². The molecule has 1 amide bonds. The number of nitrogens with two attached hydrogens (primary N) is 1. The molecule has 1 heterocycles. The van der Waals surface area contributed by atoms with Crippen LogP contribution in [0.1, 0.15) is 30.4 Å². The van der Waals surface area contributed by atoms with Crippen molar-refractivity contribution in [1.29, 1.82) is 0 Å². The number of likely N-dealkylation sites (tertiary alicyclic amines) is 1. The second-order valence-electron chi connectivity index (χ2n) is 9.70. The molecule has 0 aromatic heterocycles. The molecule has 0 unspecified atom stereocenters. The standard InChI is InChI=1S/C28H34N4O5S/c29-19-30-18-22-5-3-4-21(14-22)15-26(28(35)32-12-10-20(11-13-32)16-27(33)34)31-38(36,37)25-9-8-23-6-1-2-7-24(23)17-25/h1-9,14,17,20,26,30-31H,10-13,15-16,18-19,29H2,(H,33,34)/t26-/m1/s1. The number of piperidine rings is 1. The van der Waals surface area contributed by atoms with E-state index in [1.165, 1.54) is 0 Å². The number of carboxylic acids is 1. The highest BCUT2D eigenvalue weighted by Gasteiger charge is 2.32. The number of sulfonamides is 1. The summed E-state index contributed by atoms with van der Waals surface area (Å²) in [5.74, 6) is -1.15. The third-order valence-corrected chi connectivity index (χ3v) is 8.39. The van der Waals surface area contributed by atoms with Crippen molar-refractivity contribution < 1.29 is 23.1 Å². The maximum atomic E-state index is 13.7. The monoisotopic (exact) mass is 538 g/mol. The first-order chi connectivity index (χ1) is 18.2. The van der Waals surface area contributed by atoms with Gasteiger partial charge in [-0.15, -0.1) is 0 Å². The molecule has 3 aromatic rings. The first kappa shape index (κ1) is 27.7. The summed E-state index contributed by atoms with van der Waals surface area (Å²) >= 11 is 0. The quantitative estimate of drug-likeness (QED) is 0.275. The Bertz CT molecular complexity index is 1390. The number of amides is 1. The minimum atomic E-state index is -4.01. The van der Waals surface area contributed by atoms with Crippen molar-refractivity contribution in [3.63, 3.8) is 0 Å². The smallest absolute Gasteiger partial charge is 0.303 e. The van der Waals surface area contributed by atoms with Crippen LogP contribution in [0, 0.1) is 5.92 Å². The number of rotatable bonds is 11. The molecule has 9 nitrogen and oxygen atoms in total. The molecule has 0 radical (unpaired) electrons. The van der Waals surface area contributed by atoms with Crippen molar-refractivity contribution in [1.82, 2.24) is 14.9 Å². The highest BCUT2D eigenvalue weighted by molar-refractivity contribution is 7.89. The van der Waals surface area contributed by atoms with Crippen LogP contribution in [0.25, 0.3) is 10.8 Å². The molecule has 1 atom stereocenters. The van der Waals surface area contributed by atoms with Gasteiger partial charge in [0.15, 0.2) is 0 Å². The van der Waals surface area contributed by atoms with Gasteiger partial charge in [0, 0.05) is 32.7 Å². The lowest BCUT2D eigenvalue weighted by Crippen LogP contribution is -2.51. The maximum Gasteiger partial charge on any atom is 0.303 e. The van der Waals surface area contributed by atoms with Gasteiger partial charge < -0.3 is 21.1 Å². The molecule has 5 N–H and O–H groups in total. The number of fused-ring (bicyclic) bond motifs is 1. The molecule has 3 aromatic carbocycles. The van der Waals surface area contributed by atoms with Gasteiger partial charge in [0.2, 0.25) is 15.9 Å². The lowest BCUT2D eigenvalue weighted by atomic mass is 9.93. The molecule has 202 valence electrons. The molecule has 1 saturated heterocycles. The summed E-state index contributed by atoms with van der Waals surface area (Å²) in [7, 11) is -4.01. The summed E-state index contributed by atoms with van der Waals surface area (Å²) in [4.78, 5) is 26.5. The fourth-order valence-corrected chi connectivity index (χ4v) is 6.14. The van der Waals surface area contributed by atoms with Crippen LogP contribution in [0.15, 0.2) is 71.6 Å². The minimum absolute atomic E-state index is 0.0102. The molecular weight excluding hydrogens is 504 g/mol. The van der Waals surface area contributed by atoms with Gasteiger partial charge >= 0.3 is 5.97 Å². The van der Waals surface area contributed by atoms with E-state index in [9.17, 15) is 18.0 Å². The van der Waals surface area contributed by atoms with E-state index < -0.39 is 22.0 Å². The molecule has 1 fully saturated rings. The van der Waals surface area contributed by atoms with Gasteiger partial charge in [0.05, 0.1) is 4.90 Å². The van der Waals surface area contributed by atoms with Crippen molar-refractivity contribution in [3.8, 4) is 0 Å². The van der Waals surface area contributed by atoms with E-state index >= 15 is 0 Å². The first-order valence-corrected chi connectivity index (χ1v) is 14.2. The molecular formula is C28H34N4O5S. The Morgan fingerprint density at radius 1 is 0.974 bits per heavy atom. The number of hydrogen-bond acceptors (Lipinski definition) is 6. The summed E-state index contributed by atoms with van der Waals surface area (Å²) in [5, 5.41) is 13.9. The molecule has 0 aliphatic carbocycles. The van der Waals surface area contributed by atoms with E-state index in [0.29, 0.717) is 39.1 Å². The Morgan fingerprint density at radius 2 is 1.68 bits per heavy atom. The van der Waals surface area contributed by atoms with Gasteiger partial charge in [0.1, 0.15) is 6.04 Å². The lowest BCUT2D eigenvalue weighted by molar-refractivity contribution is -0.139. The third-order valence-electron chi connectivity index (χ3n) is 6.92. The molecule has 0 saturated carbocycles. The normalized spacial score (nSPS) is 15.4. The van der Waals surface area contributed by atoms with Crippen molar-refractivity contribution in [2.75, 3.05) is 19.8 Å². The topological polar surface area (TPSA) is 142 Å². The van der Waals surface area contributed by atoms with Crippen LogP contribution < -0.4 is 15.8 Å². The fraction of sp³-hybridized carbons (Fsp3) is 0.357. The van der Waals surface area contributed by atoms with Gasteiger partial charge in [-0.3, -0.25) is 9.59 Å². The van der Waals surface area contributed by atoms with Gasteiger partial charge in [-0.2, -0.15) is 4.72 Å². The Hall–Kier alpha value is -3.31. The number of hydrogen-bond donors (Lipinski definition) is 4. The highest BCUT2D eigenvalue weighted by atomic mass is 32.2. The summed E-state index contributed by atoms with van der Waals surface area (Å²) in [6.45, 7) is 1.68. The van der Waals surface area contributed by atoms with Crippen molar-refractivity contribution >= 4 is 32.7 Å². The van der Waals surface area contributed by atoms with E-state index in [4.69, 9.17) is 10.8 Å². The van der Waals surface area contributed by atoms with E-state index in [1.54, 1.807) is 23.1 Å². The molecule has 0 spiro atoms. The first-order valence-electron chi connectivity index (χ1n) is 12.8. The Balaban J connectivity index is 1.57. The van der Waals surface area contributed by atoms with Gasteiger partial charge in [-0.25, -0.2) is 8.42 Å². The molecule has 4 rings (SSSR count). The molecule has 38 heavy (non-hydrogen) atoms. The number of benzene rings is 3. The van der Waals surface area contributed by atoms with Crippen LogP contribution in [-0.4, -0.2) is 56.1 Å². The van der Waals surface area contributed by atoms with Gasteiger partial charge in [-0.1, -0.05) is 54.6 Å². The second kappa shape index (κ2) is 12.5. The number of nitrogens with one attached hydrogen (secondary N) is 2. The lowest BCUT2D eigenvalue weighted by Gasteiger charge is -2.34. The van der Waals surface area contributed by atoms with E-state index in [-0.39, 0.29) is 29.6 Å². The highest BCUT2D eigenvalue weighted by Crippen LogP contribution is 2.23. The SMILES string of the molecule is NCNCc1cccc(C[C@@H](NS(=O)(=O)c2ccc3ccccc3c2)C(=O)N2CCC(CC(=O)O)CC2)c1. The van der Waals surface area contributed by atoms with E-state index in [2.05, 4.69) is 10.0 Å². The van der Waals surface area contributed by atoms with Crippen molar-refractivity contribution in [2.24, 2.45) is 11.7 Å². The van der Waals surface area contributed by atoms with Gasteiger partial charge in [0.25, 0.3) is 0 Å². The molecule has 10 heteroatoms. The second-order valence-corrected chi connectivity index (χ2v) is 11.4. The van der Waals surface area contributed by atoms with Crippen LogP contribution in [0.3, 0.4) is 0 Å². The summed E-state index contributed by atoms with van der Waals surface area (Å²) < 4.78 is 29.6. The number of carboxylic acid groups (broad SMARTS) is 1. The average Bonchev–Trinajstić information content (AvgIpc) is 2.91. The largest absolute Gasteiger partial charge is 0.481 e. The Morgan fingerprint density at radius 3 is 2.39 bits per heavy atom. The maximum absolute atomic E-state index is 13.7. The number of carbonyl (C=O) groups is 2. The summed E-state index contributed by atoms with van der Waals surface area (Å²) in [5.41, 5.74) is 7.34. The van der Waals surface area contributed by atoms with Crippen LogP contribution in [0.2, 0.25) is 0 Å². The van der Waals surface area contributed by atoms with Crippen LogP contribution in [0.4, 0.5) is 0 Å². The Labute approximate surface area is 223 Å². The van der Waals surface area contributed by atoms with Crippen molar-refractivity contribution in [3.05, 3.63) is 77.9 Å². The number of nitrogens with zero attached hydrogens (tertiary/aromatic N) is 1. The van der Waals surface area contributed by atoms with Gasteiger partial charge in [-0.05, 0) is 59.2 Å². The van der Waals surface area contributed by atoms with Crippen LogP contribution in [0.5, 0.6) is 0 Å². The average molecular weight is 539 g/mol. The summed E-state index contributed by atoms with van der Waals surface area (Å²) in [6, 6.07) is 19.0. The van der Waals surface area contributed by atoms with Crippen LogP contribution >= 0.6 is 0 Å². The number of carbonyl (C=O) groups excluding carboxylic acids is 1. The zero-order valence-corrected chi connectivity index (χ0v) is 22.0. The predicted molar refractivity (Wildman–Crippen MR) is 146 cm³/mol. The molecule has 0 bridgehead atoms. The van der Waals surface area contributed by atoms with E-state index in [1.807, 2.05) is 48.5 Å². The Kier molecular flexibility index (Phi) is 9.11. The minimum Gasteiger partial charge on any atom is -0.481 e. The summed E-state index contributed by atoms with van der Waals surface area (Å²) in [6.07, 6.45) is 1.39. The third kappa shape index (κ3) is 7.16. The molecule has 1 aliphatic heterocycles. The molecule has 1 aliphatic rings. The zero-order chi connectivity index (χ0) is 27.1. The fourth-order valence-electron chi connectivity index (χ4n) is 4.91. The van der Waals surface area contributed by atoms with Crippen LogP contribution in [-0.2, 0) is 32.6 Å².